The number of hydrazone groups is 1. The molecule has 28 heavy (non-hydrogen) atoms. The molecule has 0 spiro atoms. The Balaban J connectivity index is 1.50. The fourth-order valence-corrected chi connectivity index (χ4v) is 3.79. The van der Waals surface area contributed by atoms with Crippen LogP contribution in [0.25, 0.3) is 6.08 Å². The maximum absolute atomic E-state index is 4.71. The molecule has 4 rings (SSSR count). The van der Waals surface area contributed by atoms with Gasteiger partial charge in [-0.3, -0.25) is 0 Å². The van der Waals surface area contributed by atoms with E-state index in [9.17, 15) is 0 Å². The molecule has 2 aliphatic heterocycles. The largest absolute Gasteiger partial charge is 0.341 e. The van der Waals surface area contributed by atoms with E-state index in [0.29, 0.717) is 5.95 Å². The van der Waals surface area contributed by atoms with Crippen molar-refractivity contribution in [2.45, 2.75) is 25.7 Å². The van der Waals surface area contributed by atoms with Crippen molar-refractivity contribution in [2.24, 2.45) is 5.10 Å². The third kappa shape index (κ3) is 4.86. The number of allylic oxidation sites excluding steroid dienone is 1. The Labute approximate surface area is 173 Å². The molecule has 0 unspecified atom stereocenters. The highest BCUT2D eigenvalue weighted by Gasteiger charge is 2.21. The first kappa shape index (κ1) is 18.9. The Morgan fingerprint density at radius 3 is 2.04 bits per heavy atom. The van der Waals surface area contributed by atoms with Crippen LogP contribution >= 0.6 is 15.9 Å². The third-order valence-electron chi connectivity index (χ3n) is 4.85. The molecule has 1 N–H and O–H groups in total. The van der Waals surface area contributed by atoms with Crippen LogP contribution in [0.2, 0.25) is 0 Å². The van der Waals surface area contributed by atoms with Gasteiger partial charge in [-0.2, -0.15) is 20.1 Å². The smallest absolute Gasteiger partial charge is 0.250 e. The van der Waals surface area contributed by atoms with Crippen molar-refractivity contribution in [2.75, 3.05) is 41.4 Å². The van der Waals surface area contributed by atoms with Crippen LogP contribution in [0.5, 0.6) is 0 Å². The lowest BCUT2D eigenvalue weighted by atomic mass is 10.2. The zero-order valence-electron chi connectivity index (χ0n) is 15.8. The highest BCUT2D eigenvalue weighted by molar-refractivity contribution is 9.12. The molecule has 2 aliphatic rings. The molecule has 3 heterocycles. The van der Waals surface area contributed by atoms with Gasteiger partial charge in [0.1, 0.15) is 0 Å². The SMILES string of the molecule is BrC(=C\c1ccccc1)/C=N/Nc1nc(N2CCCC2)nc(N2CCCC2)n1. The van der Waals surface area contributed by atoms with Crippen LogP contribution in [-0.4, -0.2) is 47.3 Å². The van der Waals surface area contributed by atoms with Crippen molar-refractivity contribution in [3.05, 3.63) is 40.4 Å². The fraction of sp³-hybridized carbons (Fsp3) is 0.400. The summed E-state index contributed by atoms with van der Waals surface area (Å²) in [6.07, 6.45) is 8.45. The summed E-state index contributed by atoms with van der Waals surface area (Å²) in [5, 5.41) is 4.29. The van der Waals surface area contributed by atoms with Crippen LogP contribution in [0.15, 0.2) is 39.9 Å². The fourth-order valence-electron chi connectivity index (χ4n) is 3.42. The number of hydrogen-bond donors (Lipinski definition) is 1. The van der Waals surface area contributed by atoms with Gasteiger partial charge < -0.3 is 9.80 Å². The van der Waals surface area contributed by atoms with Gasteiger partial charge in [0, 0.05) is 30.7 Å². The van der Waals surface area contributed by atoms with E-state index in [2.05, 4.69) is 46.2 Å². The number of aromatic nitrogens is 3. The first-order valence-electron chi connectivity index (χ1n) is 9.75. The summed E-state index contributed by atoms with van der Waals surface area (Å²) < 4.78 is 0.861. The van der Waals surface area contributed by atoms with Gasteiger partial charge in [0.05, 0.1) is 6.21 Å². The summed E-state index contributed by atoms with van der Waals surface area (Å²) in [6.45, 7) is 3.99. The van der Waals surface area contributed by atoms with E-state index >= 15 is 0 Å². The molecule has 0 atom stereocenters. The molecular weight excluding hydrogens is 418 g/mol. The minimum absolute atomic E-state index is 0.482. The number of halogens is 1. The lowest BCUT2D eigenvalue weighted by molar-refractivity contribution is 0.838. The monoisotopic (exact) mass is 441 g/mol. The Bertz CT molecular complexity index is 807. The normalized spacial score (nSPS) is 17.7. The molecule has 1 aromatic heterocycles. The molecule has 2 saturated heterocycles. The molecule has 146 valence electrons. The zero-order chi connectivity index (χ0) is 19.2. The minimum Gasteiger partial charge on any atom is -0.341 e. The maximum atomic E-state index is 4.71. The van der Waals surface area contributed by atoms with Gasteiger partial charge in [-0.1, -0.05) is 30.3 Å². The van der Waals surface area contributed by atoms with Gasteiger partial charge >= 0.3 is 0 Å². The second-order valence-corrected chi connectivity index (χ2v) is 7.87. The molecular formula is C20H24BrN7. The molecule has 2 aromatic rings. The average Bonchev–Trinajstić information content (AvgIpc) is 3.43. The summed E-state index contributed by atoms with van der Waals surface area (Å²) in [6, 6.07) is 10.1. The van der Waals surface area contributed by atoms with Gasteiger partial charge in [-0.05, 0) is 53.3 Å². The van der Waals surface area contributed by atoms with Gasteiger partial charge in [0.25, 0.3) is 0 Å². The van der Waals surface area contributed by atoms with Crippen molar-refractivity contribution in [1.29, 1.82) is 0 Å². The molecule has 0 aliphatic carbocycles. The molecule has 2 fully saturated rings. The Kier molecular flexibility index (Phi) is 6.16. The number of nitrogens with one attached hydrogen (secondary N) is 1. The van der Waals surface area contributed by atoms with Crippen molar-refractivity contribution in [3.63, 3.8) is 0 Å². The number of anilines is 3. The number of rotatable bonds is 6. The van der Waals surface area contributed by atoms with Gasteiger partial charge in [0.2, 0.25) is 17.8 Å². The highest BCUT2D eigenvalue weighted by atomic mass is 79.9. The van der Waals surface area contributed by atoms with Gasteiger partial charge in [0.15, 0.2) is 0 Å². The number of benzene rings is 1. The predicted octanol–water partition coefficient (Wildman–Crippen LogP) is 3.91. The second-order valence-electron chi connectivity index (χ2n) is 6.96. The molecule has 0 bridgehead atoms. The standard InChI is InChI=1S/C20H24BrN7/c21-17(14-16-8-2-1-3-9-16)15-22-26-18-23-19(27-10-4-5-11-27)25-20(24-18)28-12-6-7-13-28/h1-3,8-9,14-15H,4-7,10-13H2,(H,23,24,25,26)/b17-14-,22-15+. The summed E-state index contributed by atoms with van der Waals surface area (Å²) >= 11 is 3.53. The Morgan fingerprint density at radius 1 is 0.893 bits per heavy atom. The minimum atomic E-state index is 0.482. The van der Waals surface area contributed by atoms with E-state index in [1.165, 1.54) is 25.7 Å². The van der Waals surface area contributed by atoms with Crippen LogP contribution in [0.4, 0.5) is 17.8 Å². The van der Waals surface area contributed by atoms with Crippen LogP contribution < -0.4 is 15.2 Å². The molecule has 0 amide bonds. The van der Waals surface area contributed by atoms with Gasteiger partial charge in [-0.15, -0.1) is 0 Å². The lowest BCUT2D eigenvalue weighted by Gasteiger charge is -2.20. The van der Waals surface area contributed by atoms with E-state index in [0.717, 1.165) is 48.1 Å². The second kappa shape index (κ2) is 9.14. The zero-order valence-corrected chi connectivity index (χ0v) is 17.3. The molecule has 0 saturated carbocycles. The van der Waals surface area contributed by atoms with Crippen LogP contribution in [-0.2, 0) is 0 Å². The summed E-state index contributed by atoms with van der Waals surface area (Å²) in [5.41, 5.74) is 4.08. The maximum Gasteiger partial charge on any atom is 0.250 e. The van der Waals surface area contributed by atoms with Crippen molar-refractivity contribution in [3.8, 4) is 0 Å². The van der Waals surface area contributed by atoms with E-state index < -0.39 is 0 Å². The predicted molar refractivity (Wildman–Crippen MR) is 118 cm³/mol. The molecule has 1 aromatic carbocycles. The third-order valence-corrected chi connectivity index (χ3v) is 5.28. The topological polar surface area (TPSA) is 69.5 Å². The molecule has 0 radical (unpaired) electrons. The number of nitrogens with zero attached hydrogens (tertiary/aromatic N) is 6. The summed E-state index contributed by atoms with van der Waals surface area (Å²) in [5.74, 6) is 1.96. The summed E-state index contributed by atoms with van der Waals surface area (Å²) in [4.78, 5) is 18.3. The Hall–Kier alpha value is -2.48. The van der Waals surface area contributed by atoms with Crippen molar-refractivity contribution in [1.82, 2.24) is 15.0 Å². The quantitative estimate of drug-likeness (QED) is 0.541. The van der Waals surface area contributed by atoms with Crippen LogP contribution in [0, 0.1) is 0 Å². The Morgan fingerprint density at radius 2 is 1.46 bits per heavy atom. The van der Waals surface area contributed by atoms with Crippen molar-refractivity contribution >= 4 is 46.1 Å². The molecule has 7 nitrogen and oxygen atoms in total. The molecule has 8 heteroatoms. The van der Waals surface area contributed by atoms with Crippen LogP contribution in [0.1, 0.15) is 31.2 Å². The van der Waals surface area contributed by atoms with E-state index in [1.54, 1.807) is 6.21 Å². The van der Waals surface area contributed by atoms with Crippen LogP contribution in [0.3, 0.4) is 0 Å². The average molecular weight is 442 g/mol. The first-order chi connectivity index (χ1) is 13.8. The number of hydrogen-bond acceptors (Lipinski definition) is 7. The van der Waals surface area contributed by atoms with E-state index in [1.807, 2.05) is 36.4 Å². The highest BCUT2D eigenvalue weighted by Crippen LogP contribution is 2.22. The van der Waals surface area contributed by atoms with E-state index in [-0.39, 0.29) is 0 Å². The summed E-state index contributed by atoms with van der Waals surface area (Å²) in [7, 11) is 0. The van der Waals surface area contributed by atoms with Gasteiger partial charge in [-0.25, -0.2) is 5.43 Å². The first-order valence-corrected chi connectivity index (χ1v) is 10.5. The van der Waals surface area contributed by atoms with Crippen molar-refractivity contribution < 1.29 is 0 Å². The lowest BCUT2D eigenvalue weighted by Crippen LogP contribution is -2.25. The van der Waals surface area contributed by atoms with E-state index in [4.69, 9.17) is 4.98 Å².